The molecule has 0 aliphatic heterocycles. The molecule has 0 amide bonds. The number of unbranched alkanes of at least 4 members (excludes halogenated alkanes) is 1. The highest BCUT2D eigenvalue weighted by Gasteiger charge is 2.30. The average molecular weight is 381 g/mol. The standard InChI is InChI=1S/C27H40O/c1-3-5-6-20-28-21-23-10-14-25(15-11-23)27-18-16-26(17-19-27)24-12-8-22(7-4-2)9-13-24/h3-4,10-11,14-15,22,24,26-27H,1-2,5-9,12-13,16-21H2/t22-,24-,26-,27-. The Morgan fingerprint density at radius 1 is 0.821 bits per heavy atom. The van der Waals surface area contributed by atoms with Crippen molar-refractivity contribution in [3.05, 3.63) is 60.7 Å². The van der Waals surface area contributed by atoms with E-state index in [9.17, 15) is 0 Å². The fraction of sp³-hybridized carbons (Fsp3) is 0.630. The molecule has 0 heterocycles. The summed E-state index contributed by atoms with van der Waals surface area (Å²) in [6.45, 7) is 9.24. The van der Waals surface area contributed by atoms with Crippen molar-refractivity contribution < 1.29 is 4.74 Å². The van der Waals surface area contributed by atoms with E-state index in [4.69, 9.17) is 4.74 Å². The van der Waals surface area contributed by atoms with Crippen molar-refractivity contribution in [2.45, 2.75) is 83.2 Å². The largest absolute Gasteiger partial charge is 0.377 e. The molecule has 2 fully saturated rings. The Hall–Kier alpha value is -1.34. The molecule has 0 atom stereocenters. The van der Waals surface area contributed by atoms with Gasteiger partial charge in [0.15, 0.2) is 0 Å². The molecule has 2 aliphatic carbocycles. The summed E-state index contributed by atoms with van der Waals surface area (Å²) in [5.74, 6) is 3.69. The first-order valence-electron chi connectivity index (χ1n) is 11.7. The van der Waals surface area contributed by atoms with E-state index in [-0.39, 0.29) is 0 Å². The number of benzene rings is 1. The van der Waals surface area contributed by atoms with Crippen molar-refractivity contribution in [3.63, 3.8) is 0 Å². The van der Waals surface area contributed by atoms with Crippen LogP contribution in [0, 0.1) is 17.8 Å². The first kappa shape index (κ1) is 21.4. The van der Waals surface area contributed by atoms with Gasteiger partial charge in [-0.2, -0.15) is 0 Å². The topological polar surface area (TPSA) is 9.23 Å². The fourth-order valence-corrected chi connectivity index (χ4v) is 5.46. The molecule has 0 saturated heterocycles. The van der Waals surface area contributed by atoms with Gasteiger partial charge in [0.1, 0.15) is 0 Å². The first-order chi connectivity index (χ1) is 13.8. The summed E-state index contributed by atoms with van der Waals surface area (Å²) >= 11 is 0. The van der Waals surface area contributed by atoms with Crippen LogP contribution >= 0.6 is 0 Å². The van der Waals surface area contributed by atoms with E-state index in [1.807, 2.05) is 6.08 Å². The summed E-state index contributed by atoms with van der Waals surface area (Å²) in [6, 6.07) is 9.26. The maximum atomic E-state index is 5.76. The monoisotopic (exact) mass is 380 g/mol. The lowest BCUT2D eigenvalue weighted by Crippen LogP contribution is -2.25. The molecule has 1 nitrogen and oxygen atoms in total. The Balaban J connectivity index is 1.39. The van der Waals surface area contributed by atoms with Crippen LogP contribution < -0.4 is 0 Å². The second-order valence-electron chi connectivity index (χ2n) is 9.14. The second-order valence-corrected chi connectivity index (χ2v) is 9.14. The van der Waals surface area contributed by atoms with Gasteiger partial charge in [-0.3, -0.25) is 0 Å². The summed E-state index contributed by atoms with van der Waals surface area (Å²) in [4.78, 5) is 0. The zero-order valence-corrected chi connectivity index (χ0v) is 17.8. The van der Waals surface area contributed by atoms with Crippen LogP contribution in [-0.2, 0) is 11.3 Å². The van der Waals surface area contributed by atoms with Crippen LogP contribution in [0.15, 0.2) is 49.6 Å². The molecule has 1 aromatic rings. The molecular formula is C27H40O. The lowest BCUT2D eigenvalue weighted by atomic mass is 9.68. The van der Waals surface area contributed by atoms with E-state index < -0.39 is 0 Å². The molecule has 0 spiro atoms. The maximum Gasteiger partial charge on any atom is 0.0716 e. The molecule has 1 aromatic carbocycles. The van der Waals surface area contributed by atoms with Crippen molar-refractivity contribution in [1.29, 1.82) is 0 Å². The Bertz CT molecular complexity index is 571. The Kier molecular flexibility index (Phi) is 8.86. The van der Waals surface area contributed by atoms with Crippen molar-refractivity contribution in [2.24, 2.45) is 17.8 Å². The zero-order chi connectivity index (χ0) is 19.6. The number of ether oxygens (including phenoxy) is 1. The quantitative estimate of drug-likeness (QED) is 0.297. The zero-order valence-electron chi connectivity index (χ0n) is 17.8. The van der Waals surface area contributed by atoms with Crippen molar-refractivity contribution in [3.8, 4) is 0 Å². The molecule has 0 aromatic heterocycles. The third kappa shape index (κ3) is 6.34. The van der Waals surface area contributed by atoms with Gasteiger partial charge in [0, 0.05) is 6.61 Å². The maximum absolute atomic E-state index is 5.76. The average Bonchev–Trinajstić information content (AvgIpc) is 2.75. The molecule has 28 heavy (non-hydrogen) atoms. The Morgan fingerprint density at radius 3 is 2.07 bits per heavy atom. The predicted molar refractivity (Wildman–Crippen MR) is 120 cm³/mol. The Morgan fingerprint density at radius 2 is 1.46 bits per heavy atom. The summed E-state index contributed by atoms with van der Waals surface area (Å²) in [5.41, 5.74) is 2.84. The molecule has 0 radical (unpaired) electrons. The van der Waals surface area contributed by atoms with Gasteiger partial charge in [-0.1, -0.05) is 36.4 Å². The van der Waals surface area contributed by atoms with Gasteiger partial charge in [-0.05, 0) is 105 Å². The van der Waals surface area contributed by atoms with E-state index in [1.54, 1.807) is 5.56 Å². The molecule has 0 N–H and O–H groups in total. The first-order valence-corrected chi connectivity index (χ1v) is 11.7. The van der Waals surface area contributed by atoms with Gasteiger partial charge in [0.05, 0.1) is 6.61 Å². The normalized spacial score (nSPS) is 28.0. The van der Waals surface area contributed by atoms with Crippen LogP contribution in [0.1, 0.15) is 87.7 Å². The van der Waals surface area contributed by atoms with Crippen molar-refractivity contribution in [2.75, 3.05) is 6.61 Å². The second kappa shape index (κ2) is 11.6. The van der Waals surface area contributed by atoms with Crippen molar-refractivity contribution >= 4 is 0 Å². The molecule has 1 heteroatoms. The summed E-state index contributed by atoms with van der Waals surface area (Å²) in [6.07, 6.45) is 18.9. The predicted octanol–water partition coefficient (Wildman–Crippen LogP) is 7.83. The minimum absolute atomic E-state index is 0.735. The van der Waals surface area contributed by atoms with E-state index >= 15 is 0 Å². The van der Waals surface area contributed by atoms with Crippen LogP contribution in [0.5, 0.6) is 0 Å². The van der Waals surface area contributed by atoms with Crippen LogP contribution in [0.3, 0.4) is 0 Å². The minimum atomic E-state index is 0.735. The molecule has 2 saturated carbocycles. The Labute approximate surface area is 173 Å². The summed E-state index contributed by atoms with van der Waals surface area (Å²) in [7, 11) is 0. The fourth-order valence-electron chi connectivity index (χ4n) is 5.46. The highest BCUT2D eigenvalue weighted by atomic mass is 16.5. The van der Waals surface area contributed by atoms with E-state index in [0.717, 1.165) is 49.7 Å². The van der Waals surface area contributed by atoms with E-state index in [1.165, 1.54) is 63.4 Å². The smallest absolute Gasteiger partial charge is 0.0716 e. The van der Waals surface area contributed by atoms with Gasteiger partial charge in [-0.25, -0.2) is 0 Å². The number of rotatable bonds is 10. The number of hydrogen-bond acceptors (Lipinski definition) is 1. The number of hydrogen-bond donors (Lipinski definition) is 0. The van der Waals surface area contributed by atoms with Gasteiger partial charge >= 0.3 is 0 Å². The lowest BCUT2D eigenvalue weighted by molar-refractivity contribution is 0.119. The van der Waals surface area contributed by atoms with E-state index in [2.05, 4.69) is 43.5 Å². The summed E-state index contributed by atoms with van der Waals surface area (Å²) in [5, 5.41) is 0. The molecular weight excluding hydrogens is 340 g/mol. The highest BCUT2D eigenvalue weighted by Crippen LogP contribution is 2.44. The third-order valence-electron chi connectivity index (χ3n) is 7.25. The minimum Gasteiger partial charge on any atom is -0.377 e. The van der Waals surface area contributed by atoms with Crippen LogP contribution in [-0.4, -0.2) is 6.61 Å². The molecule has 0 unspecified atom stereocenters. The van der Waals surface area contributed by atoms with Gasteiger partial charge in [0.25, 0.3) is 0 Å². The lowest BCUT2D eigenvalue weighted by Gasteiger charge is -2.38. The summed E-state index contributed by atoms with van der Waals surface area (Å²) < 4.78 is 5.76. The molecule has 2 aliphatic rings. The van der Waals surface area contributed by atoms with Crippen molar-refractivity contribution in [1.82, 2.24) is 0 Å². The molecule has 154 valence electrons. The van der Waals surface area contributed by atoms with Crippen LogP contribution in [0.25, 0.3) is 0 Å². The van der Waals surface area contributed by atoms with Gasteiger partial charge in [-0.15, -0.1) is 13.2 Å². The SMILES string of the molecule is C=CCCCOCc1ccc([C@H]2CC[C@H]([C@H]3CC[C@H](CC=C)CC3)CC2)cc1. The van der Waals surface area contributed by atoms with Gasteiger partial charge < -0.3 is 4.74 Å². The van der Waals surface area contributed by atoms with E-state index in [0.29, 0.717) is 0 Å². The van der Waals surface area contributed by atoms with Crippen LogP contribution in [0.2, 0.25) is 0 Å². The number of allylic oxidation sites excluding steroid dienone is 2. The van der Waals surface area contributed by atoms with Gasteiger partial charge in [0.2, 0.25) is 0 Å². The molecule has 0 bridgehead atoms. The third-order valence-corrected chi connectivity index (χ3v) is 7.25. The molecule has 3 rings (SSSR count). The van der Waals surface area contributed by atoms with Crippen LogP contribution in [0.4, 0.5) is 0 Å². The highest BCUT2D eigenvalue weighted by molar-refractivity contribution is 5.25.